The third-order valence-electron chi connectivity index (χ3n) is 2.29. The number of rotatable bonds is 2. The Balaban J connectivity index is 0.000000245. The van der Waals surface area contributed by atoms with Crippen molar-refractivity contribution in [2.75, 3.05) is 0 Å². The zero-order valence-electron chi connectivity index (χ0n) is 9.64. The Morgan fingerprint density at radius 1 is 0.933 bits per heavy atom. The largest absolute Gasteiger partial charge is 2.00 e. The van der Waals surface area contributed by atoms with Crippen molar-refractivity contribution in [2.24, 2.45) is 0 Å². The first-order valence-electron chi connectivity index (χ1n) is 5.39. The van der Waals surface area contributed by atoms with Gasteiger partial charge in [-0.25, -0.2) is 23.3 Å². The first-order chi connectivity index (χ1) is 6.86. The molecule has 2 aliphatic rings. The minimum absolute atomic E-state index is 0. The van der Waals surface area contributed by atoms with Crippen LogP contribution in [0.4, 0.5) is 0 Å². The SMILES string of the molecule is CCC1=[C-]CC=C1.CCC1=[C-]CC=C1.[Ti+2]. The summed E-state index contributed by atoms with van der Waals surface area (Å²) in [6, 6.07) is 0. The molecule has 0 saturated heterocycles. The van der Waals surface area contributed by atoms with E-state index in [1.165, 1.54) is 11.1 Å². The Kier molecular flexibility index (Phi) is 8.75. The van der Waals surface area contributed by atoms with Gasteiger partial charge in [-0.3, -0.25) is 12.2 Å². The van der Waals surface area contributed by atoms with E-state index in [-0.39, 0.29) is 21.7 Å². The molecule has 0 atom stereocenters. The van der Waals surface area contributed by atoms with Crippen LogP contribution in [0.3, 0.4) is 0 Å². The predicted molar refractivity (Wildman–Crippen MR) is 61.6 cm³/mol. The number of allylic oxidation sites excluding steroid dienone is 8. The van der Waals surface area contributed by atoms with Crippen LogP contribution in [0.1, 0.15) is 39.5 Å². The molecule has 0 fully saturated rings. The van der Waals surface area contributed by atoms with Crippen molar-refractivity contribution in [2.45, 2.75) is 39.5 Å². The van der Waals surface area contributed by atoms with Crippen LogP contribution >= 0.6 is 0 Å². The second-order valence-electron chi connectivity index (χ2n) is 3.32. The van der Waals surface area contributed by atoms with Crippen molar-refractivity contribution in [3.63, 3.8) is 0 Å². The van der Waals surface area contributed by atoms with E-state index in [9.17, 15) is 0 Å². The molecule has 0 heterocycles. The summed E-state index contributed by atoms with van der Waals surface area (Å²) < 4.78 is 0. The standard InChI is InChI=1S/2C7H9.Ti/c2*1-2-7-5-3-4-6-7;/h2*3,5H,2,4H2,1H3;/q2*-1;+2. The summed E-state index contributed by atoms with van der Waals surface area (Å²) in [6.45, 7) is 4.30. The van der Waals surface area contributed by atoms with Gasteiger partial charge >= 0.3 is 21.7 Å². The van der Waals surface area contributed by atoms with Crippen molar-refractivity contribution < 1.29 is 21.7 Å². The summed E-state index contributed by atoms with van der Waals surface area (Å²) in [6.07, 6.45) is 19.3. The van der Waals surface area contributed by atoms with Crippen LogP contribution in [-0.2, 0) is 21.7 Å². The Morgan fingerprint density at radius 3 is 1.47 bits per heavy atom. The fourth-order valence-corrected chi connectivity index (χ4v) is 1.39. The Hall–Kier alpha value is -0.326. The molecule has 0 saturated carbocycles. The maximum Gasteiger partial charge on any atom is 2.00 e. The van der Waals surface area contributed by atoms with E-state index in [1.807, 2.05) is 0 Å². The molecule has 0 aromatic rings. The monoisotopic (exact) mass is 234 g/mol. The quantitative estimate of drug-likeness (QED) is 0.497. The van der Waals surface area contributed by atoms with Crippen LogP contribution in [0.5, 0.6) is 0 Å². The van der Waals surface area contributed by atoms with E-state index in [4.69, 9.17) is 0 Å². The van der Waals surface area contributed by atoms with Gasteiger partial charge in [0.1, 0.15) is 0 Å². The molecule has 2 aliphatic carbocycles. The molecule has 78 valence electrons. The molecule has 0 unspecified atom stereocenters. The van der Waals surface area contributed by atoms with Crippen LogP contribution in [0, 0.1) is 12.2 Å². The fourth-order valence-electron chi connectivity index (χ4n) is 1.39. The zero-order chi connectivity index (χ0) is 10.2. The second kappa shape index (κ2) is 8.94. The molecule has 0 aromatic heterocycles. The molecule has 0 aliphatic heterocycles. The molecular formula is C14H18Ti. The molecule has 0 aromatic carbocycles. The minimum atomic E-state index is 0. The summed E-state index contributed by atoms with van der Waals surface area (Å²) in [7, 11) is 0. The van der Waals surface area contributed by atoms with Gasteiger partial charge in [0, 0.05) is 0 Å². The van der Waals surface area contributed by atoms with Crippen molar-refractivity contribution in [1.29, 1.82) is 0 Å². The Bertz CT molecular complexity index is 250. The molecular weight excluding hydrogens is 216 g/mol. The van der Waals surface area contributed by atoms with Crippen molar-refractivity contribution in [1.82, 2.24) is 0 Å². The summed E-state index contributed by atoms with van der Waals surface area (Å²) in [5.74, 6) is 0. The first-order valence-corrected chi connectivity index (χ1v) is 5.39. The molecule has 15 heavy (non-hydrogen) atoms. The first kappa shape index (κ1) is 14.7. The third kappa shape index (κ3) is 5.97. The van der Waals surface area contributed by atoms with Crippen LogP contribution in [0.2, 0.25) is 0 Å². The van der Waals surface area contributed by atoms with Gasteiger partial charge in [0.25, 0.3) is 0 Å². The van der Waals surface area contributed by atoms with Gasteiger partial charge in [-0.2, -0.15) is 12.2 Å². The summed E-state index contributed by atoms with van der Waals surface area (Å²) in [4.78, 5) is 0. The summed E-state index contributed by atoms with van der Waals surface area (Å²) in [5, 5.41) is 0. The summed E-state index contributed by atoms with van der Waals surface area (Å²) >= 11 is 0. The maximum atomic E-state index is 3.21. The van der Waals surface area contributed by atoms with E-state index >= 15 is 0 Å². The topological polar surface area (TPSA) is 0 Å². The van der Waals surface area contributed by atoms with Crippen LogP contribution < -0.4 is 0 Å². The van der Waals surface area contributed by atoms with Gasteiger partial charge in [-0.1, -0.05) is 26.7 Å². The van der Waals surface area contributed by atoms with E-state index < -0.39 is 0 Å². The average Bonchev–Trinajstić information content (AvgIpc) is 2.92. The third-order valence-corrected chi connectivity index (χ3v) is 2.29. The van der Waals surface area contributed by atoms with Crippen LogP contribution in [0.25, 0.3) is 0 Å². The van der Waals surface area contributed by atoms with Gasteiger partial charge in [-0.05, 0) is 0 Å². The predicted octanol–water partition coefficient (Wildman–Crippen LogP) is 4.17. The number of hydrogen-bond donors (Lipinski definition) is 0. The molecule has 2 rings (SSSR count). The normalized spacial score (nSPS) is 16.4. The maximum absolute atomic E-state index is 3.21. The van der Waals surface area contributed by atoms with Crippen molar-refractivity contribution in [3.8, 4) is 0 Å². The Labute approximate surface area is 109 Å². The van der Waals surface area contributed by atoms with E-state index in [0.717, 1.165) is 25.7 Å². The molecule has 0 spiro atoms. The molecule has 0 nitrogen and oxygen atoms in total. The van der Waals surface area contributed by atoms with Crippen LogP contribution in [-0.4, -0.2) is 0 Å². The van der Waals surface area contributed by atoms with E-state index in [0.29, 0.717) is 0 Å². The van der Waals surface area contributed by atoms with E-state index in [2.05, 4.69) is 50.3 Å². The Morgan fingerprint density at radius 2 is 1.33 bits per heavy atom. The average molecular weight is 234 g/mol. The number of hydrogen-bond acceptors (Lipinski definition) is 0. The van der Waals surface area contributed by atoms with Gasteiger partial charge in [-0.15, -0.1) is 12.8 Å². The van der Waals surface area contributed by atoms with E-state index in [1.54, 1.807) is 0 Å². The minimum Gasteiger partial charge on any atom is -0.270 e. The van der Waals surface area contributed by atoms with Gasteiger partial charge in [0.2, 0.25) is 0 Å². The molecule has 0 bridgehead atoms. The summed E-state index contributed by atoms with van der Waals surface area (Å²) in [5.41, 5.74) is 2.72. The van der Waals surface area contributed by atoms with Crippen molar-refractivity contribution >= 4 is 0 Å². The van der Waals surface area contributed by atoms with Gasteiger partial charge in [0.05, 0.1) is 0 Å². The smallest absolute Gasteiger partial charge is 0.270 e. The second-order valence-corrected chi connectivity index (χ2v) is 3.32. The molecule has 0 radical (unpaired) electrons. The molecule has 0 N–H and O–H groups in total. The fraction of sp³-hybridized carbons (Fsp3) is 0.429. The van der Waals surface area contributed by atoms with Crippen molar-refractivity contribution in [3.05, 3.63) is 47.6 Å². The van der Waals surface area contributed by atoms with Gasteiger partial charge in [0.15, 0.2) is 0 Å². The van der Waals surface area contributed by atoms with Crippen LogP contribution in [0.15, 0.2) is 35.5 Å². The zero-order valence-corrected chi connectivity index (χ0v) is 11.2. The molecule has 0 amide bonds. The van der Waals surface area contributed by atoms with Gasteiger partial charge < -0.3 is 0 Å². The molecule has 1 heteroatoms.